The first-order valence-corrected chi connectivity index (χ1v) is 9.18. The molecule has 1 amide bonds. The Kier molecular flexibility index (Phi) is 4.40. The first-order chi connectivity index (χ1) is 12.2. The van der Waals surface area contributed by atoms with Crippen molar-refractivity contribution in [3.8, 4) is 5.69 Å². The first kappa shape index (κ1) is 16.1. The molecule has 1 unspecified atom stereocenters. The van der Waals surface area contributed by atoms with Gasteiger partial charge in [0.1, 0.15) is 0 Å². The number of likely N-dealkylation sites (tertiary alicyclic amines) is 1. The van der Waals surface area contributed by atoms with E-state index in [1.54, 1.807) is 10.9 Å². The average Bonchev–Trinajstić information content (AvgIpc) is 3.32. The van der Waals surface area contributed by atoms with Crippen molar-refractivity contribution >= 4 is 21.8 Å². The van der Waals surface area contributed by atoms with E-state index in [-0.39, 0.29) is 11.9 Å². The molecule has 2 aromatic carbocycles. The molecule has 0 N–H and O–H groups in total. The molecular weight excluding hydrogens is 378 g/mol. The van der Waals surface area contributed by atoms with Crippen molar-refractivity contribution in [2.24, 2.45) is 0 Å². The zero-order valence-corrected chi connectivity index (χ0v) is 15.3. The normalized spacial score (nSPS) is 17.0. The molecule has 126 valence electrons. The van der Waals surface area contributed by atoms with Gasteiger partial charge in [0.15, 0.2) is 0 Å². The molecule has 0 aliphatic carbocycles. The van der Waals surface area contributed by atoms with Gasteiger partial charge in [-0.2, -0.15) is 5.10 Å². The van der Waals surface area contributed by atoms with Crippen molar-refractivity contribution in [3.63, 3.8) is 0 Å². The highest BCUT2D eigenvalue weighted by Gasteiger charge is 2.31. The molecule has 1 aliphatic heterocycles. The largest absolute Gasteiger partial charge is 0.332 e. The van der Waals surface area contributed by atoms with Crippen molar-refractivity contribution in [1.29, 1.82) is 0 Å². The van der Waals surface area contributed by atoms with Crippen molar-refractivity contribution < 1.29 is 4.79 Å². The third kappa shape index (κ3) is 3.24. The predicted octanol–water partition coefficient (Wildman–Crippen LogP) is 4.61. The molecule has 3 aromatic rings. The summed E-state index contributed by atoms with van der Waals surface area (Å²) in [5.41, 5.74) is 2.77. The lowest BCUT2D eigenvalue weighted by Gasteiger charge is -2.24. The quantitative estimate of drug-likeness (QED) is 0.649. The minimum absolute atomic E-state index is 0.0507. The van der Waals surface area contributed by atoms with Gasteiger partial charge in [0.25, 0.3) is 5.91 Å². The molecule has 1 atom stereocenters. The van der Waals surface area contributed by atoms with E-state index in [0.717, 1.165) is 29.5 Å². The summed E-state index contributed by atoms with van der Waals surface area (Å²) in [5, 5.41) is 4.36. The number of hydrogen-bond donors (Lipinski definition) is 0. The van der Waals surface area contributed by atoms with Crippen LogP contribution in [0.15, 0.2) is 71.5 Å². The van der Waals surface area contributed by atoms with Crippen LogP contribution in [0.5, 0.6) is 0 Å². The first-order valence-electron chi connectivity index (χ1n) is 8.39. The molecule has 4 rings (SSSR count). The maximum Gasteiger partial charge on any atom is 0.257 e. The van der Waals surface area contributed by atoms with E-state index < -0.39 is 0 Å². The maximum absolute atomic E-state index is 13.0. The number of benzene rings is 2. The fourth-order valence-electron chi connectivity index (χ4n) is 3.37. The SMILES string of the molecule is O=C(c1cnn(-c2ccc(Br)cc2)c1)N1CCCC1c1ccccc1. The molecule has 1 saturated heterocycles. The molecule has 0 radical (unpaired) electrons. The third-order valence-corrected chi connectivity index (χ3v) is 5.15. The van der Waals surface area contributed by atoms with E-state index >= 15 is 0 Å². The maximum atomic E-state index is 13.0. The summed E-state index contributed by atoms with van der Waals surface area (Å²) < 4.78 is 2.76. The second-order valence-corrected chi connectivity index (χ2v) is 7.13. The molecule has 1 fully saturated rings. The Morgan fingerprint density at radius 1 is 1.08 bits per heavy atom. The summed E-state index contributed by atoms with van der Waals surface area (Å²) in [6, 6.07) is 18.3. The Morgan fingerprint density at radius 3 is 2.60 bits per heavy atom. The molecule has 0 saturated carbocycles. The summed E-state index contributed by atoms with van der Waals surface area (Å²) in [6.07, 6.45) is 5.51. The minimum atomic E-state index is 0.0507. The number of halogens is 1. The van der Waals surface area contributed by atoms with Crippen LogP contribution < -0.4 is 0 Å². The lowest BCUT2D eigenvalue weighted by atomic mass is 10.0. The zero-order valence-electron chi connectivity index (χ0n) is 13.7. The van der Waals surface area contributed by atoms with Gasteiger partial charge >= 0.3 is 0 Å². The highest BCUT2D eigenvalue weighted by molar-refractivity contribution is 9.10. The predicted molar refractivity (Wildman–Crippen MR) is 101 cm³/mol. The summed E-state index contributed by atoms with van der Waals surface area (Å²) in [6.45, 7) is 0.794. The zero-order chi connectivity index (χ0) is 17.2. The van der Waals surface area contributed by atoms with E-state index in [4.69, 9.17) is 0 Å². The topological polar surface area (TPSA) is 38.1 Å². The standard InChI is InChI=1S/C20H18BrN3O/c21-17-8-10-18(11-9-17)24-14-16(13-22-24)20(25)23-12-4-7-19(23)15-5-2-1-3-6-15/h1-3,5-6,8-11,13-14,19H,4,7,12H2. The Balaban J connectivity index is 1.58. The van der Waals surface area contributed by atoms with Crippen LogP contribution in [0.2, 0.25) is 0 Å². The number of aromatic nitrogens is 2. The van der Waals surface area contributed by atoms with E-state index in [9.17, 15) is 4.79 Å². The molecule has 1 aliphatic rings. The summed E-state index contributed by atoms with van der Waals surface area (Å²) in [5.74, 6) is 0.0507. The molecule has 5 heteroatoms. The van der Waals surface area contributed by atoms with E-state index in [1.807, 2.05) is 53.6 Å². The van der Waals surface area contributed by atoms with Crippen LogP contribution in [0.25, 0.3) is 5.69 Å². The Hall–Kier alpha value is -2.40. The fourth-order valence-corrected chi connectivity index (χ4v) is 3.63. The van der Waals surface area contributed by atoms with Gasteiger partial charge in [0.2, 0.25) is 0 Å². The highest BCUT2D eigenvalue weighted by atomic mass is 79.9. The van der Waals surface area contributed by atoms with Crippen LogP contribution in [-0.4, -0.2) is 27.1 Å². The van der Waals surface area contributed by atoms with Gasteiger partial charge in [-0.05, 0) is 42.7 Å². The van der Waals surface area contributed by atoms with Crippen molar-refractivity contribution in [3.05, 3.63) is 82.6 Å². The van der Waals surface area contributed by atoms with E-state index in [1.165, 1.54) is 5.56 Å². The monoisotopic (exact) mass is 395 g/mol. The number of carbonyl (C=O) groups excluding carboxylic acids is 1. The third-order valence-electron chi connectivity index (χ3n) is 4.62. The summed E-state index contributed by atoms with van der Waals surface area (Å²) in [7, 11) is 0. The van der Waals surface area contributed by atoms with Gasteiger partial charge in [-0.3, -0.25) is 4.79 Å². The number of hydrogen-bond acceptors (Lipinski definition) is 2. The van der Waals surface area contributed by atoms with Crippen LogP contribution >= 0.6 is 15.9 Å². The molecular formula is C20H18BrN3O. The van der Waals surface area contributed by atoms with Gasteiger partial charge in [-0.1, -0.05) is 46.3 Å². The van der Waals surface area contributed by atoms with Crippen LogP contribution in [-0.2, 0) is 0 Å². The van der Waals surface area contributed by atoms with Crippen molar-refractivity contribution in [2.75, 3.05) is 6.54 Å². The summed E-state index contributed by atoms with van der Waals surface area (Å²) in [4.78, 5) is 15.0. The van der Waals surface area contributed by atoms with Crippen LogP contribution in [0.1, 0.15) is 34.8 Å². The molecule has 4 nitrogen and oxygen atoms in total. The molecule has 0 spiro atoms. The molecule has 25 heavy (non-hydrogen) atoms. The van der Waals surface area contributed by atoms with Gasteiger partial charge in [0.05, 0.1) is 23.5 Å². The number of amides is 1. The van der Waals surface area contributed by atoms with Gasteiger partial charge in [-0.15, -0.1) is 0 Å². The van der Waals surface area contributed by atoms with Crippen LogP contribution in [0.3, 0.4) is 0 Å². The lowest BCUT2D eigenvalue weighted by Crippen LogP contribution is -2.30. The smallest absolute Gasteiger partial charge is 0.257 e. The molecule has 0 bridgehead atoms. The Labute approximate surface area is 155 Å². The van der Waals surface area contributed by atoms with Gasteiger partial charge in [0, 0.05) is 17.2 Å². The van der Waals surface area contributed by atoms with E-state index in [0.29, 0.717) is 5.56 Å². The van der Waals surface area contributed by atoms with Gasteiger partial charge in [-0.25, -0.2) is 4.68 Å². The Bertz CT molecular complexity index is 873. The fraction of sp³-hybridized carbons (Fsp3) is 0.200. The molecule has 1 aromatic heterocycles. The van der Waals surface area contributed by atoms with Crippen LogP contribution in [0, 0.1) is 0 Å². The van der Waals surface area contributed by atoms with Crippen LogP contribution in [0.4, 0.5) is 0 Å². The number of carbonyl (C=O) groups is 1. The highest BCUT2D eigenvalue weighted by Crippen LogP contribution is 2.33. The lowest BCUT2D eigenvalue weighted by molar-refractivity contribution is 0.0735. The van der Waals surface area contributed by atoms with Gasteiger partial charge < -0.3 is 4.90 Å². The van der Waals surface area contributed by atoms with Crippen molar-refractivity contribution in [2.45, 2.75) is 18.9 Å². The number of nitrogens with zero attached hydrogens (tertiary/aromatic N) is 3. The Morgan fingerprint density at radius 2 is 1.84 bits per heavy atom. The number of rotatable bonds is 3. The second-order valence-electron chi connectivity index (χ2n) is 6.22. The molecule has 2 heterocycles. The average molecular weight is 396 g/mol. The minimum Gasteiger partial charge on any atom is -0.332 e. The van der Waals surface area contributed by atoms with Crippen molar-refractivity contribution in [1.82, 2.24) is 14.7 Å². The second kappa shape index (κ2) is 6.84. The summed E-state index contributed by atoms with van der Waals surface area (Å²) >= 11 is 3.43. The van der Waals surface area contributed by atoms with E-state index in [2.05, 4.69) is 33.2 Å².